The lowest BCUT2D eigenvalue weighted by atomic mass is 9.88. The van der Waals surface area contributed by atoms with E-state index in [4.69, 9.17) is 0 Å². The molecule has 1 aromatic rings. The Morgan fingerprint density at radius 2 is 1.79 bits per heavy atom. The fourth-order valence-corrected chi connectivity index (χ4v) is 2.09. The Labute approximate surface area is 85.0 Å². The van der Waals surface area contributed by atoms with Crippen molar-refractivity contribution in [1.82, 2.24) is 5.32 Å². The van der Waals surface area contributed by atoms with Crippen LogP contribution < -0.4 is 5.32 Å². The molecule has 2 nitrogen and oxygen atoms in total. The largest absolute Gasteiger partial charge is 0.387 e. The molecular formula is C12H17NO. The van der Waals surface area contributed by atoms with E-state index >= 15 is 0 Å². The quantitative estimate of drug-likeness (QED) is 0.735. The van der Waals surface area contributed by atoms with Crippen LogP contribution in [0.5, 0.6) is 0 Å². The van der Waals surface area contributed by atoms with Gasteiger partial charge in [-0.3, -0.25) is 0 Å². The van der Waals surface area contributed by atoms with Crippen LogP contribution in [0.15, 0.2) is 18.2 Å². The highest BCUT2D eigenvalue weighted by molar-refractivity contribution is 5.30. The smallest absolute Gasteiger partial charge is 0.0935 e. The Kier molecular flexibility index (Phi) is 2.33. The first-order valence-corrected chi connectivity index (χ1v) is 5.08. The molecule has 2 rings (SSSR count). The Balaban J connectivity index is 2.16. The second kappa shape index (κ2) is 3.37. The number of hydrogen-bond acceptors (Lipinski definition) is 2. The fraction of sp³-hybridized carbons (Fsp3) is 0.500. The Morgan fingerprint density at radius 1 is 1.21 bits per heavy atom. The van der Waals surface area contributed by atoms with Crippen LogP contribution in [0.25, 0.3) is 0 Å². The van der Waals surface area contributed by atoms with E-state index in [0.29, 0.717) is 0 Å². The minimum Gasteiger partial charge on any atom is -0.387 e. The lowest BCUT2D eigenvalue weighted by Crippen LogP contribution is -2.60. The molecule has 2 heteroatoms. The van der Waals surface area contributed by atoms with Gasteiger partial charge in [-0.1, -0.05) is 29.3 Å². The molecule has 76 valence electrons. The van der Waals surface area contributed by atoms with Gasteiger partial charge in [0.05, 0.1) is 5.60 Å². The number of aryl methyl sites for hydroxylation is 2. The predicted octanol–water partition coefficient (Wildman–Crippen LogP) is 1.18. The second-order valence-electron chi connectivity index (χ2n) is 4.50. The maximum atomic E-state index is 9.98. The molecule has 14 heavy (non-hydrogen) atoms. The molecule has 0 aromatic heterocycles. The molecule has 1 aliphatic rings. The first kappa shape index (κ1) is 9.69. The van der Waals surface area contributed by atoms with Crippen LogP contribution in [0.2, 0.25) is 0 Å². The molecular weight excluding hydrogens is 174 g/mol. The average Bonchev–Trinajstić information content (AvgIpc) is 1.99. The van der Waals surface area contributed by atoms with E-state index < -0.39 is 5.60 Å². The lowest BCUT2D eigenvalue weighted by Gasteiger charge is -2.37. The highest BCUT2D eigenvalue weighted by Crippen LogP contribution is 2.19. The predicted molar refractivity (Wildman–Crippen MR) is 57.4 cm³/mol. The van der Waals surface area contributed by atoms with Gasteiger partial charge in [0.1, 0.15) is 0 Å². The molecule has 1 fully saturated rings. The van der Waals surface area contributed by atoms with Gasteiger partial charge in [0.15, 0.2) is 0 Å². The summed E-state index contributed by atoms with van der Waals surface area (Å²) in [5, 5.41) is 13.1. The summed E-state index contributed by atoms with van der Waals surface area (Å²) < 4.78 is 0. The molecule has 0 unspecified atom stereocenters. The monoisotopic (exact) mass is 191 g/mol. The van der Waals surface area contributed by atoms with Gasteiger partial charge in [0.25, 0.3) is 0 Å². The molecule has 1 aliphatic heterocycles. The van der Waals surface area contributed by atoms with Gasteiger partial charge >= 0.3 is 0 Å². The number of benzene rings is 1. The van der Waals surface area contributed by atoms with Gasteiger partial charge in [-0.25, -0.2) is 0 Å². The van der Waals surface area contributed by atoms with Crippen molar-refractivity contribution in [3.63, 3.8) is 0 Å². The average molecular weight is 191 g/mol. The molecule has 0 spiro atoms. The molecule has 0 atom stereocenters. The zero-order valence-electron chi connectivity index (χ0n) is 8.80. The van der Waals surface area contributed by atoms with Gasteiger partial charge in [-0.05, 0) is 19.4 Å². The molecule has 0 aliphatic carbocycles. The highest BCUT2D eigenvalue weighted by Gasteiger charge is 2.34. The summed E-state index contributed by atoms with van der Waals surface area (Å²) in [6.07, 6.45) is 0.766. The summed E-state index contributed by atoms with van der Waals surface area (Å²) in [5.41, 5.74) is 3.29. The van der Waals surface area contributed by atoms with Crippen LogP contribution >= 0.6 is 0 Å². The summed E-state index contributed by atoms with van der Waals surface area (Å²) in [6, 6.07) is 6.47. The second-order valence-corrected chi connectivity index (χ2v) is 4.50. The van der Waals surface area contributed by atoms with E-state index in [0.717, 1.165) is 19.5 Å². The van der Waals surface area contributed by atoms with Gasteiger partial charge in [-0.15, -0.1) is 0 Å². The standard InChI is InChI=1S/C12H17NO/c1-9-3-10(2)5-11(4-9)6-12(14)7-13-8-12/h3-5,13-14H,6-8H2,1-2H3. The van der Waals surface area contributed by atoms with E-state index in [9.17, 15) is 5.11 Å². The van der Waals surface area contributed by atoms with E-state index in [1.54, 1.807) is 0 Å². The maximum Gasteiger partial charge on any atom is 0.0935 e. The molecule has 0 saturated carbocycles. The molecule has 1 saturated heterocycles. The van der Waals surface area contributed by atoms with Crippen molar-refractivity contribution in [3.8, 4) is 0 Å². The molecule has 0 bridgehead atoms. The normalized spacial score (nSPS) is 19.1. The van der Waals surface area contributed by atoms with E-state index in [1.165, 1.54) is 16.7 Å². The lowest BCUT2D eigenvalue weighted by molar-refractivity contribution is -0.00902. The Morgan fingerprint density at radius 3 is 2.21 bits per heavy atom. The molecule has 0 radical (unpaired) electrons. The van der Waals surface area contributed by atoms with Crippen molar-refractivity contribution in [3.05, 3.63) is 34.9 Å². The Hall–Kier alpha value is -0.860. The van der Waals surface area contributed by atoms with Crippen LogP contribution in [0, 0.1) is 13.8 Å². The third-order valence-corrected chi connectivity index (χ3v) is 2.72. The van der Waals surface area contributed by atoms with Crippen LogP contribution in [-0.2, 0) is 6.42 Å². The number of rotatable bonds is 2. The molecule has 1 aromatic carbocycles. The minimum atomic E-state index is -0.500. The summed E-state index contributed by atoms with van der Waals surface area (Å²) >= 11 is 0. The number of β-amino-alcohol motifs (C(OH)–C–C–N with tert-alkyl or cyclic N) is 1. The summed E-state index contributed by atoms with van der Waals surface area (Å²) in [6.45, 7) is 5.64. The minimum absolute atomic E-state index is 0.500. The van der Waals surface area contributed by atoms with Crippen molar-refractivity contribution in [2.24, 2.45) is 0 Å². The van der Waals surface area contributed by atoms with Crippen molar-refractivity contribution >= 4 is 0 Å². The summed E-state index contributed by atoms with van der Waals surface area (Å²) in [4.78, 5) is 0. The molecule has 2 N–H and O–H groups in total. The van der Waals surface area contributed by atoms with Crippen LogP contribution in [0.4, 0.5) is 0 Å². The first-order valence-electron chi connectivity index (χ1n) is 5.08. The van der Waals surface area contributed by atoms with Crippen molar-refractivity contribution in [2.45, 2.75) is 25.9 Å². The number of aliphatic hydroxyl groups is 1. The van der Waals surface area contributed by atoms with Crippen molar-refractivity contribution in [2.75, 3.05) is 13.1 Å². The van der Waals surface area contributed by atoms with Crippen molar-refractivity contribution in [1.29, 1.82) is 0 Å². The zero-order valence-corrected chi connectivity index (χ0v) is 8.80. The molecule has 1 heterocycles. The Bertz CT molecular complexity index is 322. The SMILES string of the molecule is Cc1cc(C)cc(CC2(O)CNC2)c1. The summed E-state index contributed by atoms with van der Waals surface area (Å²) in [5.74, 6) is 0. The highest BCUT2D eigenvalue weighted by atomic mass is 16.3. The summed E-state index contributed by atoms with van der Waals surface area (Å²) in [7, 11) is 0. The maximum absolute atomic E-state index is 9.98. The number of hydrogen-bond donors (Lipinski definition) is 2. The molecule has 0 amide bonds. The zero-order chi connectivity index (χ0) is 10.2. The fourth-order valence-electron chi connectivity index (χ4n) is 2.09. The van der Waals surface area contributed by atoms with Gasteiger partial charge in [0, 0.05) is 19.5 Å². The van der Waals surface area contributed by atoms with Crippen molar-refractivity contribution < 1.29 is 5.11 Å². The van der Waals surface area contributed by atoms with E-state index in [2.05, 4.69) is 37.4 Å². The van der Waals surface area contributed by atoms with Gasteiger partial charge in [-0.2, -0.15) is 0 Å². The van der Waals surface area contributed by atoms with Crippen LogP contribution in [-0.4, -0.2) is 23.8 Å². The number of nitrogens with one attached hydrogen (secondary N) is 1. The topological polar surface area (TPSA) is 32.3 Å². The third-order valence-electron chi connectivity index (χ3n) is 2.72. The van der Waals surface area contributed by atoms with Crippen LogP contribution in [0.1, 0.15) is 16.7 Å². The van der Waals surface area contributed by atoms with Gasteiger partial charge < -0.3 is 10.4 Å². The van der Waals surface area contributed by atoms with E-state index in [1.807, 2.05) is 0 Å². The third kappa shape index (κ3) is 1.97. The first-order chi connectivity index (χ1) is 6.57. The van der Waals surface area contributed by atoms with Crippen LogP contribution in [0.3, 0.4) is 0 Å². The van der Waals surface area contributed by atoms with Gasteiger partial charge in [0.2, 0.25) is 0 Å². The van der Waals surface area contributed by atoms with E-state index in [-0.39, 0.29) is 0 Å².